The molecular formula is C28H24ClN3O4S. The van der Waals surface area contributed by atoms with Gasteiger partial charge in [0.15, 0.2) is 4.80 Å². The average Bonchev–Trinajstić information content (AvgIpc) is 3.47. The van der Waals surface area contributed by atoms with Crippen molar-refractivity contribution >= 4 is 40.7 Å². The van der Waals surface area contributed by atoms with E-state index in [1.165, 1.54) is 18.4 Å². The summed E-state index contributed by atoms with van der Waals surface area (Å²) in [6.07, 6.45) is 1.70. The number of furan rings is 1. The number of hydrogen-bond donors (Lipinski definition) is 0. The van der Waals surface area contributed by atoms with Crippen LogP contribution in [0.5, 0.6) is 0 Å². The second-order valence-corrected chi connectivity index (χ2v) is 10.2. The van der Waals surface area contributed by atoms with Gasteiger partial charge < -0.3 is 14.1 Å². The van der Waals surface area contributed by atoms with Gasteiger partial charge >= 0.3 is 5.97 Å². The number of allylic oxidation sites excluding steroid dienone is 1. The highest BCUT2D eigenvalue weighted by Crippen LogP contribution is 2.31. The number of thiazole rings is 1. The van der Waals surface area contributed by atoms with Crippen molar-refractivity contribution in [3.63, 3.8) is 0 Å². The fourth-order valence-electron chi connectivity index (χ4n) is 4.32. The van der Waals surface area contributed by atoms with E-state index in [1.54, 1.807) is 29.7 Å². The summed E-state index contributed by atoms with van der Waals surface area (Å²) in [5.41, 5.74) is 3.22. The third-order valence-corrected chi connectivity index (χ3v) is 7.38. The molecule has 188 valence electrons. The van der Waals surface area contributed by atoms with Crippen molar-refractivity contribution in [2.24, 2.45) is 4.99 Å². The molecule has 3 heterocycles. The summed E-state index contributed by atoms with van der Waals surface area (Å²) >= 11 is 7.36. The van der Waals surface area contributed by atoms with Crippen LogP contribution in [-0.2, 0) is 9.53 Å². The van der Waals surface area contributed by atoms with Crippen molar-refractivity contribution in [1.29, 1.82) is 0 Å². The highest BCUT2D eigenvalue weighted by Gasteiger charge is 2.33. The van der Waals surface area contributed by atoms with Crippen LogP contribution in [0.4, 0.5) is 5.69 Å². The van der Waals surface area contributed by atoms with Crippen LogP contribution in [0.2, 0.25) is 5.02 Å². The van der Waals surface area contributed by atoms with Gasteiger partial charge in [0.25, 0.3) is 5.56 Å². The number of benzene rings is 2. The number of halogens is 1. The van der Waals surface area contributed by atoms with Gasteiger partial charge in [-0.1, -0.05) is 47.2 Å². The van der Waals surface area contributed by atoms with Crippen LogP contribution in [0.15, 0.2) is 86.1 Å². The van der Waals surface area contributed by atoms with Crippen molar-refractivity contribution in [1.82, 2.24) is 4.57 Å². The van der Waals surface area contributed by atoms with E-state index in [0.29, 0.717) is 37.1 Å². The summed E-state index contributed by atoms with van der Waals surface area (Å²) in [7, 11) is 5.23. The van der Waals surface area contributed by atoms with E-state index in [4.69, 9.17) is 20.8 Å². The second kappa shape index (κ2) is 9.88. The van der Waals surface area contributed by atoms with E-state index >= 15 is 0 Å². The van der Waals surface area contributed by atoms with Crippen molar-refractivity contribution in [3.8, 4) is 11.3 Å². The van der Waals surface area contributed by atoms with Crippen LogP contribution in [0.25, 0.3) is 17.4 Å². The molecular weight excluding hydrogens is 510 g/mol. The lowest BCUT2D eigenvalue weighted by Crippen LogP contribution is -2.39. The zero-order chi connectivity index (χ0) is 26.3. The topological polar surface area (TPSA) is 77.0 Å². The largest absolute Gasteiger partial charge is 0.466 e. The molecule has 4 aromatic rings. The number of methoxy groups -OCH3 is 1. The molecule has 1 aliphatic heterocycles. The molecule has 7 nitrogen and oxygen atoms in total. The molecule has 0 aliphatic carbocycles. The summed E-state index contributed by atoms with van der Waals surface area (Å²) < 4.78 is 13.1. The Balaban J connectivity index is 1.63. The molecule has 0 spiro atoms. The maximum absolute atomic E-state index is 13.7. The number of anilines is 1. The fraction of sp³-hybridized carbons (Fsp3) is 0.179. The number of aromatic nitrogens is 1. The standard InChI is InChI=1S/C28H24ClN3O4S/c1-16-24(27(34)35-4)25(17-8-10-20(11-9-17)31(2)3)32-26(33)23(37-28(32)30-16)15-21-12-13-22(36-21)18-6-5-7-19(29)14-18/h5-15,25H,1-4H3/t25-/m0/s1. The number of hydrogen-bond acceptors (Lipinski definition) is 7. The Bertz CT molecular complexity index is 1710. The van der Waals surface area contributed by atoms with E-state index in [2.05, 4.69) is 4.99 Å². The van der Waals surface area contributed by atoms with Crippen molar-refractivity contribution in [2.45, 2.75) is 13.0 Å². The van der Waals surface area contributed by atoms with Crippen molar-refractivity contribution in [3.05, 3.63) is 108 Å². The summed E-state index contributed by atoms with van der Waals surface area (Å²) in [4.78, 5) is 33.6. The molecule has 37 heavy (non-hydrogen) atoms. The van der Waals surface area contributed by atoms with E-state index in [-0.39, 0.29) is 5.56 Å². The van der Waals surface area contributed by atoms with Gasteiger partial charge in [-0.05, 0) is 48.9 Å². The van der Waals surface area contributed by atoms with Crippen LogP contribution >= 0.6 is 22.9 Å². The number of esters is 1. The summed E-state index contributed by atoms with van der Waals surface area (Å²) in [6.45, 7) is 1.76. The molecule has 1 aliphatic rings. The normalized spacial score (nSPS) is 15.4. The highest BCUT2D eigenvalue weighted by atomic mass is 35.5. The fourth-order valence-corrected chi connectivity index (χ4v) is 5.54. The molecule has 0 bridgehead atoms. The average molecular weight is 534 g/mol. The van der Waals surface area contributed by atoms with Gasteiger partial charge in [-0.25, -0.2) is 9.79 Å². The zero-order valence-corrected chi connectivity index (χ0v) is 22.3. The Kier molecular flexibility index (Phi) is 6.62. The first-order valence-electron chi connectivity index (χ1n) is 11.5. The Morgan fingerprint density at radius 3 is 2.59 bits per heavy atom. The second-order valence-electron chi connectivity index (χ2n) is 8.77. The van der Waals surface area contributed by atoms with E-state index in [1.807, 2.05) is 67.5 Å². The molecule has 2 aromatic heterocycles. The van der Waals surface area contributed by atoms with E-state index in [0.717, 1.165) is 16.8 Å². The first kappa shape index (κ1) is 24.8. The minimum Gasteiger partial charge on any atom is -0.466 e. The van der Waals surface area contributed by atoms with Crippen LogP contribution in [0.1, 0.15) is 24.3 Å². The smallest absolute Gasteiger partial charge is 0.338 e. The minimum absolute atomic E-state index is 0.264. The first-order chi connectivity index (χ1) is 17.8. The van der Waals surface area contributed by atoms with Gasteiger partial charge in [-0.2, -0.15) is 0 Å². The van der Waals surface area contributed by atoms with E-state index < -0.39 is 12.0 Å². The third-order valence-electron chi connectivity index (χ3n) is 6.16. The molecule has 0 amide bonds. The maximum Gasteiger partial charge on any atom is 0.338 e. The Hall–Kier alpha value is -3.88. The van der Waals surface area contributed by atoms with Gasteiger partial charge in [0.2, 0.25) is 0 Å². The predicted molar refractivity (Wildman–Crippen MR) is 146 cm³/mol. The Morgan fingerprint density at radius 2 is 1.92 bits per heavy atom. The number of ether oxygens (including phenoxy) is 1. The first-order valence-corrected chi connectivity index (χ1v) is 12.7. The molecule has 5 rings (SSSR count). The predicted octanol–water partition coefficient (Wildman–Crippen LogP) is 4.39. The molecule has 0 fully saturated rings. The lowest BCUT2D eigenvalue weighted by atomic mass is 9.95. The van der Waals surface area contributed by atoms with Gasteiger partial charge in [0.1, 0.15) is 11.5 Å². The van der Waals surface area contributed by atoms with Crippen LogP contribution in [0, 0.1) is 0 Å². The van der Waals surface area contributed by atoms with Crippen LogP contribution in [-0.4, -0.2) is 31.7 Å². The molecule has 2 aromatic carbocycles. The zero-order valence-electron chi connectivity index (χ0n) is 20.7. The van der Waals surface area contributed by atoms with Crippen LogP contribution in [0.3, 0.4) is 0 Å². The van der Waals surface area contributed by atoms with E-state index in [9.17, 15) is 9.59 Å². The lowest BCUT2D eigenvalue weighted by molar-refractivity contribution is -0.136. The third kappa shape index (κ3) is 4.65. The number of carbonyl (C=O) groups excluding carboxylic acids is 1. The quantitative estimate of drug-likeness (QED) is 0.356. The molecule has 9 heteroatoms. The van der Waals surface area contributed by atoms with Crippen LogP contribution < -0.4 is 19.8 Å². The van der Waals surface area contributed by atoms with Crippen molar-refractivity contribution < 1.29 is 13.9 Å². The molecule has 0 unspecified atom stereocenters. The summed E-state index contributed by atoms with van der Waals surface area (Å²) in [5, 5.41) is 0.610. The van der Waals surface area contributed by atoms with Gasteiger partial charge in [0, 0.05) is 36.4 Å². The number of nitrogens with zero attached hydrogens (tertiary/aromatic N) is 3. The summed E-state index contributed by atoms with van der Waals surface area (Å²) in [6, 6.07) is 18.1. The molecule has 1 atom stereocenters. The number of carbonyl (C=O) groups is 1. The molecule has 0 N–H and O–H groups in total. The monoisotopic (exact) mass is 533 g/mol. The summed E-state index contributed by atoms with van der Waals surface area (Å²) in [5.74, 6) is 0.648. The maximum atomic E-state index is 13.7. The number of rotatable bonds is 5. The van der Waals surface area contributed by atoms with Crippen molar-refractivity contribution in [2.75, 3.05) is 26.1 Å². The molecule has 0 saturated heterocycles. The number of fused-ring (bicyclic) bond motifs is 1. The van der Waals surface area contributed by atoms with Gasteiger partial charge in [-0.3, -0.25) is 9.36 Å². The van der Waals surface area contributed by atoms with Gasteiger partial charge in [-0.15, -0.1) is 0 Å². The lowest BCUT2D eigenvalue weighted by Gasteiger charge is -2.25. The highest BCUT2D eigenvalue weighted by molar-refractivity contribution is 7.07. The Morgan fingerprint density at radius 1 is 1.16 bits per heavy atom. The Labute approximate surface area is 222 Å². The minimum atomic E-state index is -0.666. The van der Waals surface area contributed by atoms with Gasteiger partial charge in [0.05, 0.1) is 29.0 Å². The molecule has 0 radical (unpaired) electrons. The molecule has 0 saturated carbocycles. The SMILES string of the molecule is COC(=O)C1=C(C)N=c2sc(=Cc3ccc(-c4cccc(Cl)c4)o3)c(=O)n2[C@H]1c1ccc(N(C)C)cc1.